The van der Waals surface area contributed by atoms with Crippen LogP contribution >= 0.6 is 15.9 Å². The highest BCUT2D eigenvalue weighted by Crippen LogP contribution is 2.22. The number of halogens is 1. The second-order valence-corrected chi connectivity index (χ2v) is 5.36. The maximum absolute atomic E-state index is 11.3. The molecule has 21 heavy (non-hydrogen) atoms. The number of carboxylic acid groups (broad SMARTS) is 1. The molecular formula is C15H21BrO5. The lowest BCUT2D eigenvalue weighted by atomic mass is 9.96. The summed E-state index contributed by atoms with van der Waals surface area (Å²) in [5.41, 5.74) is 0.783. The third-order valence-electron chi connectivity index (χ3n) is 2.93. The molecule has 0 saturated carbocycles. The summed E-state index contributed by atoms with van der Waals surface area (Å²) >= 11 is 3.34. The van der Waals surface area contributed by atoms with Crippen molar-refractivity contribution in [3.63, 3.8) is 0 Å². The average Bonchev–Trinajstić information content (AvgIpc) is 2.47. The zero-order valence-corrected chi connectivity index (χ0v) is 13.7. The second kappa shape index (κ2) is 10.7. The van der Waals surface area contributed by atoms with Crippen molar-refractivity contribution in [2.75, 3.05) is 40.1 Å². The van der Waals surface area contributed by atoms with E-state index in [4.69, 9.17) is 14.2 Å². The summed E-state index contributed by atoms with van der Waals surface area (Å²) in [4.78, 5) is 11.3. The van der Waals surface area contributed by atoms with E-state index < -0.39 is 11.9 Å². The molecule has 0 spiro atoms. The molecule has 5 nitrogen and oxygen atoms in total. The number of benzene rings is 1. The lowest BCUT2D eigenvalue weighted by molar-refractivity contribution is -0.139. The maximum Gasteiger partial charge on any atom is 0.311 e. The molecule has 0 aliphatic carbocycles. The fourth-order valence-corrected chi connectivity index (χ4v) is 2.06. The normalized spacial score (nSPS) is 12.3. The van der Waals surface area contributed by atoms with Gasteiger partial charge in [0, 0.05) is 18.2 Å². The highest BCUT2D eigenvalue weighted by atomic mass is 79.9. The van der Waals surface area contributed by atoms with E-state index in [0.29, 0.717) is 39.5 Å². The molecule has 0 heterocycles. The van der Waals surface area contributed by atoms with Crippen molar-refractivity contribution in [2.24, 2.45) is 0 Å². The number of ether oxygens (including phenoxy) is 3. The van der Waals surface area contributed by atoms with E-state index in [1.165, 1.54) is 0 Å². The van der Waals surface area contributed by atoms with Crippen LogP contribution in [0.25, 0.3) is 0 Å². The van der Waals surface area contributed by atoms with Crippen LogP contribution in [0.15, 0.2) is 28.7 Å². The van der Waals surface area contributed by atoms with E-state index in [-0.39, 0.29) is 0 Å². The molecule has 0 saturated heterocycles. The minimum Gasteiger partial charge on any atom is -0.481 e. The van der Waals surface area contributed by atoms with Gasteiger partial charge in [-0.2, -0.15) is 0 Å². The van der Waals surface area contributed by atoms with Gasteiger partial charge in [0.15, 0.2) is 0 Å². The Labute approximate surface area is 133 Å². The monoisotopic (exact) mass is 360 g/mol. The zero-order valence-electron chi connectivity index (χ0n) is 12.1. The number of rotatable bonds is 11. The molecule has 6 heteroatoms. The Kier molecular flexibility index (Phi) is 9.25. The largest absolute Gasteiger partial charge is 0.481 e. The van der Waals surface area contributed by atoms with E-state index >= 15 is 0 Å². The fraction of sp³-hybridized carbons (Fsp3) is 0.533. The molecular weight excluding hydrogens is 340 g/mol. The summed E-state index contributed by atoms with van der Waals surface area (Å²) in [5.74, 6) is -1.38. The Balaban J connectivity index is 2.26. The Morgan fingerprint density at radius 1 is 1.10 bits per heavy atom. The molecule has 0 aliphatic rings. The number of carboxylic acids is 1. The Bertz CT molecular complexity index is 407. The summed E-state index contributed by atoms with van der Waals surface area (Å²) in [6, 6.07) is 7.32. The van der Waals surface area contributed by atoms with Crippen LogP contribution in [0.5, 0.6) is 0 Å². The zero-order chi connectivity index (χ0) is 15.5. The summed E-state index contributed by atoms with van der Waals surface area (Å²) in [6.45, 7) is 2.43. The van der Waals surface area contributed by atoms with Crippen LogP contribution in [0.4, 0.5) is 0 Å². The van der Waals surface area contributed by atoms with E-state index in [0.717, 1.165) is 10.0 Å². The number of methoxy groups -OCH3 is 1. The standard InChI is InChI=1S/C15H21BrO5/c1-19-8-9-21-11-10-20-7-6-14(15(17)18)12-2-4-13(16)5-3-12/h2-5,14H,6-11H2,1H3,(H,17,18). The Morgan fingerprint density at radius 3 is 2.24 bits per heavy atom. The molecule has 0 amide bonds. The number of hydrogen-bond donors (Lipinski definition) is 1. The highest BCUT2D eigenvalue weighted by Gasteiger charge is 2.19. The van der Waals surface area contributed by atoms with Gasteiger partial charge >= 0.3 is 5.97 Å². The molecule has 1 aromatic carbocycles. The van der Waals surface area contributed by atoms with E-state index in [1.807, 2.05) is 24.3 Å². The van der Waals surface area contributed by atoms with Crippen molar-refractivity contribution in [2.45, 2.75) is 12.3 Å². The molecule has 0 aromatic heterocycles. The first-order valence-electron chi connectivity index (χ1n) is 6.78. The quantitative estimate of drug-likeness (QED) is 0.614. The smallest absolute Gasteiger partial charge is 0.311 e. The van der Waals surface area contributed by atoms with Crippen LogP contribution in [-0.2, 0) is 19.0 Å². The first-order valence-corrected chi connectivity index (χ1v) is 7.57. The van der Waals surface area contributed by atoms with Gasteiger partial charge in [-0.25, -0.2) is 0 Å². The van der Waals surface area contributed by atoms with Gasteiger partial charge in [0.2, 0.25) is 0 Å². The first-order chi connectivity index (χ1) is 10.1. The van der Waals surface area contributed by atoms with Gasteiger partial charge < -0.3 is 19.3 Å². The van der Waals surface area contributed by atoms with Gasteiger partial charge in [-0.15, -0.1) is 0 Å². The van der Waals surface area contributed by atoms with Gasteiger partial charge in [0.25, 0.3) is 0 Å². The molecule has 1 unspecified atom stereocenters. The Hall–Kier alpha value is -0.950. The van der Waals surface area contributed by atoms with Crippen LogP contribution in [-0.4, -0.2) is 51.2 Å². The maximum atomic E-state index is 11.3. The molecule has 118 valence electrons. The molecule has 1 rings (SSSR count). The summed E-state index contributed by atoms with van der Waals surface area (Å²) < 4.78 is 16.4. The van der Waals surface area contributed by atoms with Gasteiger partial charge in [0.1, 0.15) is 0 Å². The molecule has 0 aliphatic heterocycles. The summed E-state index contributed by atoms with van der Waals surface area (Å²) in [7, 11) is 1.62. The average molecular weight is 361 g/mol. The lowest BCUT2D eigenvalue weighted by Crippen LogP contribution is -2.15. The minimum atomic E-state index is -0.836. The fourth-order valence-electron chi connectivity index (χ4n) is 1.79. The third-order valence-corrected chi connectivity index (χ3v) is 3.45. The molecule has 1 atom stereocenters. The van der Waals surface area contributed by atoms with Crippen molar-refractivity contribution in [1.29, 1.82) is 0 Å². The topological polar surface area (TPSA) is 65.0 Å². The minimum absolute atomic E-state index is 0.390. The van der Waals surface area contributed by atoms with Crippen LogP contribution in [0, 0.1) is 0 Å². The van der Waals surface area contributed by atoms with E-state index in [1.54, 1.807) is 7.11 Å². The van der Waals surface area contributed by atoms with E-state index in [9.17, 15) is 9.90 Å². The van der Waals surface area contributed by atoms with Crippen LogP contribution < -0.4 is 0 Å². The van der Waals surface area contributed by atoms with E-state index in [2.05, 4.69) is 15.9 Å². The summed E-state index contributed by atoms with van der Waals surface area (Å²) in [5, 5.41) is 9.29. The lowest BCUT2D eigenvalue weighted by Gasteiger charge is -2.13. The third kappa shape index (κ3) is 7.57. The molecule has 1 aromatic rings. The van der Waals surface area contributed by atoms with Crippen LogP contribution in [0.1, 0.15) is 17.9 Å². The SMILES string of the molecule is COCCOCCOCCC(C(=O)O)c1ccc(Br)cc1. The van der Waals surface area contributed by atoms with Crippen molar-refractivity contribution in [3.05, 3.63) is 34.3 Å². The van der Waals surface area contributed by atoms with Gasteiger partial charge in [-0.1, -0.05) is 28.1 Å². The van der Waals surface area contributed by atoms with Gasteiger partial charge in [-0.3, -0.25) is 4.79 Å². The number of aliphatic carboxylic acids is 1. The van der Waals surface area contributed by atoms with Crippen molar-refractivity contribution in [1.82, 2.24) is 0 Å². The predicted octanol–water partition coefficient (Wildman–Crippen LogP) is 2.69. The van der Waals surface area contributed by atoms with Crippen molar-refractivity contribution < 1.29 is 24.1 Å². The summed E-state index contributed by atoms with van der Waals surface area (Å²) in [6.07, 6.45) is 0.440. The second-order valence-electron chi connectivity index (χ2n) is 4.45. The van der Waals surface area contributed by atoms with Crippen LogP contribution in [0.3, 0.4) is 0 Å². The Morgan fingerprint density at radius 2 is 1.67 bits per heavy atom. The first kappa shape index (κ1) is 18.1. The predicted molar refractivity (Wildman–Crippen MR) is 82.6 cm³/mol. The molecule has 0 bridgehead atoms. The number of hydrogen-bond acceptors (Lipinski definition) is 4. The molecule has 0 radical (unpaired) electrons. The molecule has 1 N–H and O–H groups in total. The van der Waals surface area contributed by atoms with Gasteiger partial charge in [-0.05, 0) is 24.1 Å². The number of carbonyl (C=O) groups is 1. The van der Waals surface area contributed by atoms with Crippen molar-refractivity contribution >= 4 is 21.9 Å². The van der Waals surface area contributed by atoms with Crippen LogP contribution in [0.2, 0.25) is 0 Å². The molecule has 0 fully saturated rings. The van der Waals surface area contributed by atoms with Gasteiger partial charge in [0.05, 0.1) is 32.3 Å². The highest BCUT2D eigenvalue weighted by molar-refractivity contribution is 9.10. The van der Waals surface area contributed by atoms with Crippen molar-refractivity contribution in [3.8, 4) is 0 Å².